The van der Waals surface area contributed by atoms with Crippen LogP contribution in [-0.4, -0.2) is 29.9 Å². The number of piperidine rings is 1. The molecule has 1 saturated heterocycles. The molecule has 4 nitrogen and oxygen atoms in total. The third-order valence-corrected chi connectivity index (χ3v) is 3.46. The van der Waals surface area contributed by atoms with Crippen LogP contribution in [0.1, 0.15) is 42.3 Å². The van der Waals surface area contributed by atoms with E-state index in [0.717, 1.165) is 38.0 Å². The van der Waals surface area contributed by atoms with Crippen molar-refractivity contribution in [3.05, 3.63) is 23.7 Å². The van der Waals surface area contributed by atoms with Crippen molar-refractivity contribution in [3.8, 4) is 0 Å². The summed E-state index contributed by atoms with van der Waals surface area (Å²) in [5, 5.41) is 0. The van der Waals surface area contributed by atoms with Crippen LogP contribution in [-0.2, 0) is 6.42 Å². The van der Waals surface area contributed by atoms with Gasteiger partial charge in [0.1, 0.15) is 5.76 Å². The summed E-state index contributed by atoms with van der Waals surface area (Å²) in [6.07, 6.45) is 5.59. The number of carbonyl (C=O) groups is 1. The molecule has 2 N–H and O–H groups in total. The molecule has 1 atom stereocenters. The summed E-state index contributed by atoms with van der Waals surface area (Å²) in [5.74, 6) is 0.849. The Bertz CT molecular complexity index is 387. The summed E-state index contributed by atoms with van der Waals surface area (Å²) in [4.78, 5) is 14.3. The standard InChI is InChI=1S/C13H20N2O2/c1-2-12-11(6-8-17-12)13(16)15-7-4-3-5-10(15)9-14/h6,8,10H,2-5,7,9,14H2,1H3. The average molecular weight is 236 g/mol. The molecule has 1 unspecified atom stereocenters. The first kappa shape index (κ1) is 12.2. The van der Waals surface area contributed by atoms with Crippen LogP contribution in [0.4, 0.5) is 0 Å². The van der Waals surface area contributed by atoms with Gasteiger partial charge in [0.05, 0.1) is 11.8 Å². The molecule has 1 amide bonds. The van der Waals surface area contributed by atoms with Gasteiger partial charge in [-0.3, -0.25) is 4.79 Å². The summed E-state index contributed by atoms with van der Waals surface area (Å²) in [7, 11) is 0. The van der Waals surface area contributed by atoms with Crippen LogP contribution in [0.3, 0.4) is 0 Å². The van der Waals surface area contributed by atoms with Crippen LogP contribution in [0.5, 0.6) is 0 Å². The minimum Gasteiger partial charge on any atom is -0.469 e. The van der Waals surface area contributed by atoms with Crippen LogP contribution in [0.25, 0.3) is 0 Å². The van der Waals surface area contributed by atoms with Crippen molar-refractivity contribution in [2.24, 2.45) is 5.73 Å². The Hall–Kier alpha value is -1.29. The van der Waals surface area contributed by atoms with Crippen molar-refractivity contribution >= 4 is 5.91 Å². The maximum Gasteiger partial charge on any atom is 0.257 e. The summed E-state index contributed by atoms with van der Waals surface area (Å²) in [6.45, 7) is 3.35. The predicted octanol–water partition coefficient (Wildman–Crippen LogP) is 1.80. The van der Waals surface area contributed by atoms with Crippen LogP contribution in [0, 0.1) is 0 Å². The highest BCUT2D eigenvalue weighted by Gasteiger charge is 2.28. The van der Waals surface area contributed by atoms with E-state index in [0.29, 0.717) is 12.1 Å². The Labute approximate surface area is 102 Å². The topological polar surface area (TPSA) is 59.5 Å². The lowest BCUT2D eigenvalue weighted by atomic mass is 10.0. The normalized spacial score (nSPS) is 20.6. The number of hydrogen-bond donors (Lipinski definition) is 1. The third kappa shape index (κ3) is 2.36. The maximum absolute atomic E-state index is 12.4. The van der Waals surface area contributed by atoms with E-state index in [-0.39, 0.29) is 11.9 Å². The molecule has 0 radical (unpaired) electrons. The Morgan fingerprint density at radius 3 is 3.12 bits per heavy atom. The second-order valence-electron chi connectivity index (χ2n) is 4.49. The third-order valence-electron chi connectivity index (χ3n) is 3.46. The maximum atomic E-state index is 12.4. The van der Waals surface area contributed by atoms with E-state index < -0.39 is 0 Å². The first-order valence-electron chi connectivity index (χ1n) is 6.35. The number of amides is 1. The molecular formula is C13H20N2O2. The van der Waals surface area contributed by atoms with Crippen molar-refractivity contribution < 1.29 is 9.21 Å². The quantitative estimate of drug-likeness (QED) is 0.870. The van der Waals surface area contributed by atoms with E-state index in [1.54, 1.807) is 12.3 Å². The summed E-state index contributed by atoms with van der Waals surface area (Å²) < 4.78 is 5.32. The number of nitrogens with zero attached hydrogens (tertiary/aromatic N) is 1. The molecule has 1 aliphatic heterocycles. The number of rotatable bonds is 3. The van der Waals surface area contributed by atoms with Crippen LogP contribution >= 0.6 is 0 Å². The monoisotopic (exact) mass is 236 g/mol. The largest absolute Gasteiger partial charge is 0.469 e. The number of aryl methyl sites for hydroxylation is 1. The van der Waals surface area contributed by atoms with Gasteiger partial charge in [-0.05, 0) is 25.3 Å². The number of hydrogen-bond acceptors (Lipinski definition) is 3. The minimum absolute atomic E-state index is 0.0748. The molecule has 17 heavy (non-hydrogen) atoms. The molecule has 2 rings (SSSR count). The van der Waals surface area contributed by atoms with Gasteiger partial charge in [0.25, 0.3) is 5.91 Å². The second-order valence-corrected chi connectivity index (χ2v) is 4.49. The van der Waals surface area contributed by atoms with E-state index in [4.69, 9.17) is 10.2 Å². The van der Waals surface area contributed by atoms with E-state index in [2.05, 4.69) is 0 Å². The van der Waals surface area contributed by atoms with Gasteiger partial charge >= 0.3 is 0 Å². The molecule has 0 spiro atoms. The van der Waals surface area contributed by atoms with E-state index in [1.165, 1.54) is 0 Å². The Morgan fingerprint density at radius 2 is 2.41 bits per heavy atom. The van der Waals surface area contributed by atoms with Gasteiger partial charge in [-0.1, -0.05) is 6.92 Å². The Kier molecular flexibility index (Phi) is 3.84. The highest BCUT2D eigenvalue weighted by molar-refractivity contribution is 5.95. The number of likely N-dealkylation sites (tertiary alicyclic amines) is 1. The van der Waals surface area contributed by atoms with Gasteiger partial charge in [-0.2, -0.15) is 0 Å². The van der Waals surface area contributed by atoms with Gasteiger partial charge in [0.15, 0.2) is 0 Å². The first-order valence-corrected chi connectivity index (χ1v) is 6.35. The van der Waals surface area contributed by atoms with Gasteiger partial charge in [-0.15, -0.1) is 0 Å². The average Bonchev–Trinajstić information content (AvgIpc) is 2.86. The molecule has 0 saturated carbocycles. The molecule has 4 heteroatoms. The summed E-state index contributed by atoms with van der Waals surface area (Å²) in [6, 6.07) is 1.96. The van der Waals surface area contributed by atoms with Crippen LogP contribution in [0.15, 0.2) is 16.7 Å². The lowest BCUT2D eigenvalue weighted by Crippen LogP contribution is -2.47. The van der Waals surface area contributed by atoms with Crippen molar-refractivity contribution in [2.45, 2.75) is 38.6 Å². The smallest absolute Gasteiger partial charge is 0.257 e. The highest BCUT2D eigenvalue weighted by atomic mass is 16.3. The zero-order valence-corrected chi connectivity index (χ0v) is 10.3. The molecule has 1 fully saturated rings. The van der Waals surface area contributed by atoms with Crippen molar-refractivity contribution in [2.75, 3.05) is 13.1 Å². The van der Waals surface area contributed by atoms with Crippen molar-refractivity contribution in [3.63, 3.8) is 0 Å². The zero-order chi connectivity index (χ0) is 12.3. The zero-order valence-electron chi connectivity index (χ0n) is 10.3. The Balaban J connectivity index is 2.18. The fourth-order valence-electron chi connectivity index (χ4n) is 2.47. The van der Waals surface area contributed by atoms with Gasteiger partial charge in [-0.25, -0.2) is 0 Å². The number of carbonyl (C=O) groups excluding carboxylic acids is 1. The molecule has 94 valence electrons. The predicted molar refractivity (Wildman–Crippen MR) is 65.8 cm³/mol. The number of nitrogens with two attached hydrogens (primary N) is 1. The second kappa shape index (κ2) is 5.36. The molecular weight excluding hydrogens is 216 g/mol. The van der Waals surface area contributed by atoms with Gasteiger partial charge < -0.3 is 15.1 Å². The minimum atomic E-state index is 0.0748. The lowest BCUT2D eigenvalue weighted by Gasteiger charge is -2.35. The van der Waals surface area contributed by atoms with E-state index >= 15 is 0 Å². The highest BCUT2D eigenvalue weighted by Crippen LogP contribution is 2.21. The molecule has 2 heterocycles. The fraction of sp³-hybridized carbons (Fsp3) is 0.615. The van der Waals surface area contributed by atoms with E-state index in [9.17, 15) is 4.79 Å². The molecule has 1 aliphatic rings. The summed E-state index contributed by atoms with van der Waals surface area (Å²) >= 11 is 0. The molecule has 1 aromatic rings. The molecule has 0 bridgehead atoms. The summed E-state index contributed by atoms with van der Waals surface area (Å²) in [5.41, 5.74) is 6.44. The SMILES string of the molecule is CCc1occc1C(=O)N1CCCCC1CN. The number of furan rings is 1. The molecule has 0 aromatic carbocycles. The fourth-order valence-corrected chi connectivity index (χ4v) is 2.47. The molecule has 0 aliphatic carbocycles. The van der Waals surface area contributed by atoms with Crippen LogP contribution in [0.2, 0.25) is 0 Å². The van der Waals surface area contributed by atoms with Gasteiger partial charge in [0.2, 0.25) is 0 Å². The Morgan fingerprint density at radius 1 is 1.59 bits per heavy atom. The van der Waals surface area contributed by atoms with Crippen molar-refractivity contribution in [1.82, 2.24) is 4.90 Å². The first-order chi connectivity index (χ1) is 8.27. The van der Waals surface area contributed by atoms with E-state index in [1.807, 2.05) is 11.8 Å². The lowest BCUT2D eigenvalue weighted by molar-refractivity contribution is 0.0621. The van der Waals surface area contributed by atoms with Crippen LogP contribution < -0.4 is 5.73 Å². The molecule has 1 aromatic heterocycles. The van der Waals surface area contributed by atoms with Gasteiger partial charge in [0, 0.05) is 25.6 Å². The van der Waals surface area contributed by atoms with Crippen molar-refractivity contribution in [1.29, 1.82) is 0 Å².